The molecule has 0 spiro atoms. The number of para-hydroxylation sites is 1. The second-order valence-corrected chi connectivity index (χ2v) is 6.74. The van der Waals surface area contributed by atoms with E-state index >= 15 is 0 Å². The Labute approximate surface area is 153 Å². The lowest BCUT2D eigenvalue weighted by Gasteiger charge is -2.28. The summed E-state index contributed by atoms with van der Waals surface area (Å²) in [4.78, 5) is 19.6. The van der Waals surface area contributed by atoms with Gasteiger partial charge in [-0.3, -0.25) is 9.78 Å². The highest BCUT2D eigenvalue weighted by atomic mass is 16.2. The van der Waals surface area contributed by atoms with Crippen LogP contribution in [0.15, 0.2) is 54.6 Å². The maximum atomic E-state index is 12.9. The summed E-state index contributed by atoms with van der Waals surface area (Å²) < 4.78 is 0. The Bertz CT molecular complexity index is 931. The fourth-order valence-electron chi connectivity index (χ4n) is 3.70. The maximum Gasteiger partial charge on any atom is 0.227 e. The number of benzene rings is 2. The van der Waals surface area contributed by atoms with E-state index in [1.54, 1.807) is 0 Å². The third-order valence-electron chi connectivity index (χ3n) is 5.06. The Kier molecular flexibility index (Phi) is 4.67. The summed E-state index contributed by atoms with van der Waals surface area (Å²) in [6, 6.07) is 18.5. The van der Waals surface area contributed by atoms with Crippen LogP contribution in [-0.4, -0.2) is 42.0 Å². The maximum absolute atomic E-state index is 12.9. The lowest BCUT2D eigenvalue weighted by molar-refractivity contribution is -0.131. The van der Waals surface area contributed by atoms with E-state index in [1.165, 1.54) is 0 Å². The molecule has 1 fully saturated rings. The van der Waals surface area contributed by atoms with E-state index in [0.717, 1.165) is 59.5 Å². The SMILES string of the molecule is Cc1nc2ccccc2c(-c2ccccc2)c1CC(=O)N1CCNCC1. The van der Waals surface area contributed by atoms with Crippen molar-refractivity contribution in [2.45, 2.75) is 13.3 Å². The normalized spacial score (nSPS) is 14.6. The van der Waals surface area contributed by atoms with Gasteiger partial charge in [0.1, 0.15) is 0 Å². The Morgan fingerprint density at radius 3 is 2.50 bits per heavy atom. The van der Waals surface area contributed by atoms with Crippen molar-refractivity contribution in [3.63, 3.8) is 0 Å². The minimum absolute atomic E-state index is 0.184. The number of rotatable bonds is 3. The molecule has 3 aromatic rings. The van der Waals surface area contributed by atoms with Gasteiger partial charge in [0.05, 0.1) is 11.9 Å². The van der Waals surface area contributed by atoms with Gasteiger partial charge >= 0.3 is 0 Å². The standard InChI is InChI=1S/C22H23N3O/c1-16-19(15-21(26)25-13-11-23-12-14-25)22(17-7-3-2-4-8-17)18-9-5-6-10-20(18)24-16/h2-10,23H,11-15H2,1H3. The lowest BCUT2D eigenvalue weighted by Crippen LogP contribution is -2.47. The molecule has 0 unspecified atom stereocenters. The summed E-state index contributed by atoms with van der Waals surface area (Å²) in [5.74, 6) is 0.184. The number of carbonyl (C=O) groups is 1. The summed E-state index contributed by atoms with van der Waals surface area (Å²) in [5, 5.41) is 4.40. The molecule has 1 N–H and O–H groups in total. The first-order valence-electron chi connectivity index (χ1n) is 9.16. The van der Waals surface area contributed by atoms with Crippen molar-refractivity contribution in [1.29, 1.82) is 0 Å². The molecule has 0 aliphatic carbocycles. The molecule has 0 bridgehead atoms. The first-order valence-corrected chi connectivity index (χ1v) is 9.16. The molecule has 132 valence electrons. The number of nitrogens with zero attached hydrogens (tertiary/aromatic N) is 2. The van der Waals surface area contributed by atoms with E-state index in [1.807, 2.05) is 48.2 Å². The van der Waals surface area contributed by atoms with Crippen molar-refractivity contribution in [2.24, 2.45) is 0 Å². The molecular weight excluding hydrogens is 322 g/mol. The van der Waals surface area contributed by atoms with Crippen molar-refractivity contribution in [1.82, 2.24) is 15.2 Å². The molecule has 0 atom stereocenters. The van der Waals surface area contributed by atoms with Gasteiger partial charge < -0.3 is 10.2 Å². The Morgan fingerprint density at radius 2 is 1.73 bits per heavy atom. The van der Waals surface area contributed by atoms with Crippen molar-refractivity contribution < 1.29 is 4.79 Å². The fraction of sp³-hybridized carbons (Fsp3) is 0.273. The number of hydrogen-bond acceptors (Lipinski definition) is 3. The molecule has 2 heterocycles. The van der Waals surface area contributed by atoms with E-state index in [-0.39, 0.29) is 5.91 Å². The van der Waals surface area contributed by atoms with Crippen LogP contribution in [0.4, 0.5) is 0 Å². The lowest BCUT2D eigenvalue weighted by atomic mass is 9.92. The first kappa shape index (κ1) is 16.7. The van der Waals surface area contributed by atoms with Crippen molar-refractivity contribution in [3.8, 4) is 11.1 Å². The molecule has 1 amide bonds. The van der Waals surface area contributed by atoms with Gasteiger partial charge in [-0.15, -0.1) is 0 Å². The van der Waals surface area contributed by atoms with Crippen LogP contribution in [-0.2, 0) is 11.2 Å². The van der Waals surface area contributed by atoms with Crippen LogP contribution in [0.1, 0.15) is 11.3 Å². The minimum atomic E-state index is 0.184. The van der Waals surface area contributed by atoms with E-state index in [2.05, 4.69) is 23.5 Å². The zero-order valence-electron chi connectivity index (χ0n) is 15.0. The Balaban J connectivity index is 1.82. The van der Waals surface area contributed by atoms with Gasteiger partial charge in [-0.1, -0.05) is 48.5 Å². The second kappa shape index (κ2) is 7.26. The molecule has 1 aromatic heterocycles. The quantitative estimate of drug-likeness (QED) is 0.793. The smallest absolute Gasteiger partial charge is 0.227 e. The minimum Gasteiger partial charge on any atom is -0.340 e. The number of hydrogen-bond donors (Lipinski definition) is 1. The van der Waals surface area contributed by atoms with Crippen LogP contribution in [0.5, 0.6) is 0 Å². The highest BCUT2D eigenvalue weighted by Gasteiger charge is 2.21. The van der Waals surface area contributed by atoms with Crippen LogP contribution in [0.3, 0.4) is 0 Å². The molecule has 4 rings (SSSR count). The summed E-state index contributed by atoms with van der Waals surface area (Å²) >= 11 is 0. The molecule has 1 aliphatic rings. The first-order chi connectivity index (χ1) is 12.7. The predicted molar refractivity (Wildman–Crippen MR) is 105 cm³/mol. The van der Waals surface area contributed by atoms with Crippen LogP contribution in [0.25, 0.3) is 22.0 Å². The Hall–Kier alpha value is -2.72. The molecule has 4 heteroatoms. The third kappa shape index (κ3) is 3.20. The van der Waals surface area contributed by atoms with E-state index < -0.39 is 0 Å². The highest BCUT2D eigenvalue weighted by Crippen LogP contribution is 2.33. The second-order valence-electron chi connectivity index (χ2n) is 6.74. The number of piperazine rings is 1. The third-order valence-corrected chi connectivity index (χ3v) is 5.06. The number of aryl methyl sites for hydroxylation is 1. The van der Waals surface area contributed by atoms with Crippen molar-refractivity contribution in [2.75, 3.05) is 26.2 Å². The van der Waals surface area contributed by atoms with Crippen molar-refractivity contribution in [3.05, 3.63) is 65.9 Å². The monoisotopic (exact) mass is 345 g/mol. The summed E-state index contributed by atoms with van der Waals surface area (Å²) in [5.41, 5.74) is 5.22. The highest BCUT2D eigenvalue weighted by molar-refractivity contribution is 5.98. The van der Waals surface area contributed by atoms with Crippen LogP contribution >= 0.6 is 0 Å². The van der Waals surface area contributed by atoms with Gasteiger partial charge in [-0.05, 0) is 29.7 Å². The number of nitrogens with one attached hydrogen (secondary N) is 1. The van der Waals surface area contributed by atoms with Crippen LogP contribution in [0.2, 0.25) is 0 Å². The molecule has 4 nitrogen and oxygen atoms in total. The molecule has 0 radical (unpaired) electrons. The number of fused-ring (bicyclic) bond motifs is 1. The number of carbonyl (C=O) groups excluding carboxylic acids is 1. The van der Waals surface area contributed by atoms with E-state index in [9.17, 15) is 4.79 Å². The molecule has 1 aliphatic heterocycles. The van der Waals surface area contributed by atoms with Gasteiger partial charge in [-0.2, -0.15) is 0 Å². The Morgan fingerprint density at radius 1 is 1.04 bits per heavy atom. The van der Waals surface area contributed by atoms with Crippen LogP contribution < -0.4 is 5.32 Å². The van der Waals surface area contributed by atoms with E-state index in [0.29, 0.717) is 6.42 Å². The average molecular weight is 345 g/mol. The van der Waals surface area contributed by atoms with Gasteiger partial charge in [0.25, 0.3) is 0 Å². The van der Waals surface area contributed by atoms with Crippen molar-refractivity contribution >= 4 is 16.8 Å². The van der Waals surface area contributed by atoms with E-state index in [4.69, 9.17) is 4.98 Å². The molecule has 2 aromatic carbocycles. The van der Waals surface area contributed by atoms with Gasteiger partial charge in [-0.25, -0.2) is 0 Å². The topological polar surface area (TPSA) is 45.2 Å². The summed E-state index contributed by atoms with van der Waals surface area (Å²) in [6.45, 7) is 5.30. The van der Waals surface area contributed by atoms with Gasteiger partial charge in [0, 0.05) is 37.3 Å². The summed E-state index contributed by atoms with van der Waals surface area (Å²) in [6.07, 6.45) is 0.397. The molecule has 0 saturated carbocycles. The van der Waals surface area contributed by atoms with Gasteiger partial charge in [0.15, 0.2) is 0 Å². The number of amides is 1. The molecule has 1 saturated heterocycles. The fourth-order valence-corrected chi connectivity index (χ4v) is 3.70. The average Bonchev–Trinajstić information content (AvgIpc) is 2.70. The van der Waals surface area contributed by atoms with Gasteiger partial charge in [0.2, 0.25) is 5.91 Å². The molecular formula is C22H23N3O. The zero-order chi connectivity index (χ0) is 17.9. The zero-order valence-corrected chi connectivity index (χ0v) is 15.0. The summed E-state index contributed by atoms with van der Waals surface area (Å²) in [7, 11) is 0. The predicted octanol–water partition coefficient (Wildman–Crippen LogP) is 3.18. The molecule has 26 heavy (non-hydrogen) atoms. The largest absolute Gasteiger partial charge is 0.340 e. The van der Waals surface area contributed by atoms with Crippen LogP contribution in [0, 0.1) is 6.92 Å². The number of aromatic nitrogens is 1. The number of pyridine rings is 1.